The van der Waals surface area contributed by atoms with Gasteiger partial charge in [0.2, 0.25) is 0 Å². The SMILES string of the molecule is C#CCN(C#CC(C)(C)C)S(=O)(=O)c1ccc(C)cc1. The molecule has 0 bridgehead atoms. The van der Waals surface area contributed by atoms with Gasteiger partial charge in [0, 0.05) is 11.5 Å². The molecule has 0 spiro atoms. The van der Waals surface area contributed by atoms with Gasteiger partial charge in [-0.25, -0.2) is 12.7 Å². The summed E-state index contributed by atoms with van der Waals surface area (Å²) in [5, 5.41) is 0. The summed E-state index contributed by atoms with van der Waals surface area (Å²) in [6, 6.07) is 9.29. The molecule has 0 fully saturated rings. The van der Waals surface area contributed by atoms with E-state index in [1.807, 2.05) is 27.7 Å². The zero-order chi connectivity index (χ0) is 15.4. The summed E-state index contributed by atoms with van der Waals surface area (Å²) in [5.41, 5.74) is 0.698. The predicted molar refractivity (Wildman–Crippen MR) is 81.1 cm³/mol. The van der Waals surface area contributed by atoms with Crippen LogP contribution in [0.25, 0.3) is 0 Å². The standard InChI is InChI=1S/C16H19NO2S/c1-6-12-17(13-11-16(3,4)5)20(18,19)15-9-7-14(2)8-10-15/h1,7-10H,12H2,2-5H3. The van der Waals surface area contributed by atoms with Crippen molar-refractivity contribution in [2.45, 2.75) is 32.6 Å². The average Bonchev–Trinajstić information content (AvgIpc) is 2.33. The third-order valence-electron chi connectivity index (χ3n) is 2.40. The van der Waals surface area contributed by atoms with Gasteiger partial charge in [-0.2, -0.15) is 0 Å². The Hall–Kier alpha value is -1.91. The third-order valence-corrected chi connectivity index (χ3v) is 4.07. The van der Waals surface area contributed by atoms with Gasteiger partial charge in [0.05, 0.1) is 4.90 Å². The molecule has 1 aromatic rings. The Morgan fingerprint density at radius 3 is 2.20 bits per heavy atom. The van der Waals surface area contributed by atoms with Crippen molar-refractivity contribution in [3.63, 3.8) is 0 Å². The van der Waals surface area contributed by atoms with Crippen molar-refractivity contribution in [3.8, 4) is 24.3 Å². The fourth-order valence-electron chi connectivity index (χ4n) is 1.34. The first-order chi connectivity index (χ1) is 9.16. The highest BCUT2D eigenvalue weighted by Crippen LogP contribution is 2.16. The lowest BCUT2D eigenvalue weighted by molar-refractivity contribution is 0.529. The van der Waals surface area contributed by atoms with Crippen LogP contribution in [-0.2, 0) is 10.0 Å². The maximum absolute atomic E-state index is 12.5. The number of benzene rings is 1. The van der Waals surface area contributed by atoms with Crippen LogP contribution in [0.3, 0.4) is 0 Å². The molecular weight excluding hydrogens is 270 g/mol. The molecule has 0 aliphatic heterocycles. The van der Waals surface area contributed by atoms with Gasteiger partial charge in [0.25, 0.3) is 10.0 Å². The first-order valence-electron chi connectivity index (χ1n) is 6.22. The van der Waals surface area contributed by atoms with Gasteiger partial charge < -0.3 is 0 Å². The molecule has 0 aromatic heterocycles. The zero-order valence-corrected chi connectivity index (χ0v) is 13.1. The van der Waals surface area contributed by atoms with Gasteiger partial charge in [0.1, 0.15) is 6.54 Å². The molecule has 0 atom stereocenters. The Morgan fingerprint density at radius 2 is 1.75 bits per heavy atom. The average molecular weight is 289 g/mol. The summed E-state index contributed by atoms with van der Waals surface area (Å²) < 4.78 is 26.0. The zero-order valence-electron chi connectivity index (χ0n) is 12.3. The lowest BCUT2D eigenvalue weighted by atomic mass is 9.99. The second-order valence-electron chi connectivity index (χ2n) is 5.52. The molecule has 0 aliphatic carbocycles. The summed E-state index contributed by atoms with van der Waals surface area (Å²) in [6.07, 6.45) is 5.24. The van der Waals surface area contributed by atoms with Gasteiger partial charge in [-0.05, 0) is 39.8 Å². The molecule has 0 amide bonds. The van der Waals surface area contributed by atoms with E-state index in [1.165, 1.54) is 0 Å². The molecule has 4 heteroatoms. The summed E-state index contributed by atoms with van der Waals surface area (Å²) in [7, 11) is -3.69. The van der Waals surface area contributed by atoms with Gasteiger partial charge in [0.15, 0.2) is 0 Å². The number of hydrogen-bond donors (Lipinski definition) is 0. The molecule has 0 N–H and O–H groups in total. The van der Waals surface area contributed by atoms with E-state index in [2.05, 4.69) is 17.9 Å². The van der Waals surface area contributed by atoms with Crippen molar-refractivity contribution in [1.82, 2.24) is 4.31 Å². The Kier molecular flexibility index (Phi) is 4.87. The topological polar surface area (TPSA) is 37.4 Å². The van der Waals surface area contributed by atoms with Crippen molar-refractivity contribution >= 4 is 10.0 Å². The number of sulfonamides is 1. The second-order valence-corrected chi connectivity index (χ2v) is 7.38. The van der Waals surface area contributed by atoms with Crippen LogP contribution in [-0.4, -0.2) is 19.3 Å². The third kappa shape index (κ3) is 4.33. The van der Waals surface area contributed by atoms with E-state index >= 15 is 0 Å². The Balaban J connectivity index is 3.22. The molecule has 1 rings (SSSR count). The number of nitrogens with zero attached hydrogens (tertiary/aromatic N) is 1. The fraction of sp³-hybridized carbons (Fsp3) is 0.375. The van der Waals surface area contributed by atoms with E-state index in [-0.39, 0.29) is 16.9 Å². The maximum atomic E-state index is 12.5. The molecule has 0 heterocycles. The predicted octanol–water partition coefficient (Wildman–Crippen LogP) is 2.63. The van der Waals surface area contributed by atoms with Crippen LogP contribution in [0.2, 0.25) is 0 Å². The first kappa shape index (κ1) is 16.1. The van der Waals surface area contributed by atoms with Crippen LogP contribution in [0.5, 0.6) is 0 Å². The normalized spacial score (nSPS) is 11.2. The molecule has 0 aliphatic rings. The molecule has 0 saturated carbocycles. The maximum Gasteiger partial charge on any atom is 0.271 e. The molecule has 3 nitrogen and oxygen atoms in total. The van der Waals surface area contributed by atoms with Crippen molar-refractivity contribution in [2.24, 2.45) is 5.41 Å². The lowest BCUT2D eigenvalue weighted by Gasteiger charge is -2.16. The fourth-order valence-corrected chi connectivity index (χ4v) is 2.48. The Morgan fingerprint density at radius 1 is 1.20 bits per heavy atom. The molecule has 0 radical (unpaired) electrons. The quantitative estimate of drug-likeness (QED) is 0.633. The molecule has 1 aromatic carbocycles. The number of hydrogen-bond acceptors (Lipinski definition) is 2. The van der Waals surface area contributed by atoms with E-state index in [9.17, 15) is 8.42 Å². The van der Waals surface area contributed by atoms with Gasteiger partial charge >= 0.3 is 0 Å². The van der Waals surface area contributed by atoms with Crippen LogP contribution in [0.4, 0.5) is 0 Å². The lowest BCUT2D eigenvalue weighted by Crippen LogP contribution is -2.27. The summed E-state index contributed by atoms with van der Waals surface area (Å²) in [6.45, 7) is 7.56. The minimum absolute atomic E-state index is 0.0701. The van der Waals surface area contributed by atoms with E-state index in [4.69, 9.17) is 6.42 Å². The first-order valence-corrected chi connectivity index (χ1v) is 7.66. The second kappa shape index (κ2) is 6.03. The number of rotatable bonds is 3. The monoisotopic (exact) mass is 289 g/mol. The van der Waals surface area contributed by atoms with Gasteiger partial charge in [-0.3, -0.25) is 0 Å². The van der Waals surface area contributed by atoms with E-state index in [0.717, 1.165) is 9.87 Å². The van der Waals surface area contributed by atoms with Crippen LogP contribution in [0, 0.1) is 36.6 Å². The Labute approximate surface area is 122 Å². The van der Waals surface area contributed by atoms with E-state index < -0.39 is 10.0 Å². The molecular formula is C16H19NO2S. The molecule has 20 heavy (non-hydrogen) atoms. The molecule has 106 valence electrons. The van der Waals surface area contributed by atoms with Crippen LogP contribution >= 0.6 is 0 Å². The minimum atomic E-state index is -3.69. The highest BCUT2D eigenvalue weighted by molar-refractivity contribution is 7.89. The van der Waals surface area contributed by atoms with Gasteiger partial charge in [-0.15, -0.1) is 6.42 Å². The van der Waals surface area contributed by atoms with Gasteiger partial charge in [-0.1, -0.05) is 29.5 Å². The van der Waals surface area contributed by atoms with Crippen molar-refractivity contribution in [1.29, 1.82) is 0 Å². The summed E-state index contributed by atoms with van der Waals surface area (Å²) in [4.78, 5) is 0.196. The van der Waals surface area contributed by atoms with Crippen LogP contribution in [0.15, 0.2) is 29.2 Å². The van der Waals surface area contributed by atoms with E-state index in [1.54, 1.807) is 24.3 Å². The summed E-state index contributed by atoms with van der Waals surface area (Å²) >= 11 is 0. The highest BCUT2D eigenvalue weighted by atomic mass is 32.2. The highest BCUT2D eigenvalue weighted by Gasteiger charge is 2.21. The minimum Gasteiger partial charge on any atom is -0.212 e. The van der Waals surface area contributed by atoms with E-state index in [0.29, 0.717) is 0 Å². The summed E-state index contributed by atoms with van der Waals surface area (Å²) in [5.74, 6) is 5.23. The molecule has 0 saturated heterocycles. The molecule has 0 unspecified atom stereocenters. The largest absolute Gasteiger partial charge is 0.271 e. The number of aryl methyl sites for hydroxylation is 1. The van der Waals surface area contributed by atoms with Crippen LogP contribution < -0.4 is 0 Å². The smallest absolute Gasteiger partial charge is 0.212 e. The van der Waals surface area contributed by atoms with Crippen molar-refractivity contribution in [2.75, 3.05) is 6.54 Å². The van der Waals surface area contributed by atoms with Crippen molar-refractivity contribution < 1.29 is 8.42 Å². The Bertz CT molecular complexity index is 662. The van der Waals surface area contributed by atoms with Crippen molar-refractivity contribution in [3.05, 3.63) is 29.8 Å². The number of terminal acetylenes is 1. The van der Waals surface area contributed by atoms with Crippen LogP contribution in [0.1, 0.15) is 26.3 Å².